The van der Waals surface area contributed by atoms with Crippen LogP contribution in [0.4, 0.5) is 0 Å². The predicted octanol–water partition coefficient (Wildman–Crippen LogP) is 2.50. The summed E-state index contributed by atoms with van der Waals surface area (Å²) < 4.78 is 5.25. The molecule has 1 aliphatic carbocycles. The van der Waals surface area contributed by atoms with Gasteiger partial charge in [-0.05, 0) is 24.2 Å². The summed E-state index contributed by atoms with van der Waals surface area (Å²) in [6.45, 7) is 12.1. The predicted molar refractivity (Wildman–Crippen MR) is 77.7 cm³/mol. The highest BCUT2D eigenvalue weighted by Gasteiger charge is 2.39. The van der Waals surface area contributed by atoms with Crippen LogP contribution in [0, 0.1) is 11.3 Å². The highest BCUT2D eigenvalue weighted by Crippen LogP contribution is 2.36. The third kappa shape index (κ3) is 4.22. The lowest BCUT2D eigenvalue weighted by molar-refractivity contribution is 0.0418. The molecule has 0 bridgehead atoms. The van der Waals surface area contributed by atoms with Gasteiger partial charge in [-0.15, -0.1) is 0 Å². The maximum Gasteiger partial charge on any atom is 0.0589 e. The van der Waals surface area contributed by atoms with Crippen molar-refractivity contribution in [3.05, 3.63) is 0 Å². The molecule has 3 heteroatoms. The molecule has 1 rings (SSSR count). The van der Waals surface area contributed by atoms with Gasteiger partial charge in [0.2, 0.25) is 0 Å². The summed E-state index contributed by atoms with van der Waals surface area (Å²) in [4.78, 5) is 2.56. The van der Waals surface area contributed by atoms with E-state index in [9.17, 15) is 0 Å². The molecular weight excluding hydrogens is 224 g/mol. The van der Waals surface area contributed by atoms with Gasteiger partial charge >= 0.3 is 0 Å². The summed E-state index contributed by atoms with van der Waals surface area (Å²) in [5, 5.41) is 0. The van der Waals surface area contributed by atoms with Crippen molar-refractivity contribution in [2.24, 2.45) is 17.1 Å². The minimum absolute atomic E-state index is 0.269. The Hall–Kier alpha value is -0.120. The topological polar surface area (TPSA) is 38.5 Å². The van der Waals surface area contributed by atoms with Crippen molar-refractivity contribution in [2.45, 2.75) is 59.0 Å². The van der Waals surface area contributed by atoms with E-state index in [1.54, 1.807) is 7.11 Å². The van der Waals surface area contributed by atoms with Crippen molar-refractivity contribution in [2.75, 3.05) is 26.8 Å². The first kappa shape index (κ1) is 15.9. The molecule has 0 saturated heterocycles. The largest absolute Gasteiger partial charge is 0.383 e. The normalized spacial score (nSPS) is 28.0. The Morgan fingerprint density at radius 1 is 1.39 bits per heavy atom. The Kier molecular flexibility index (Phi) is 6.09. The molecule has 2 atom stereocenters. The van der Waals surface area contributed by atoms with Gasteiger partial charge in [0, 0.05) is 32.3 Å². The van der Waals surface area contributed by atoms with Crippen LogP contribution in [0.1, 0.15) is 47.0 Å². The Morgan fingerprint density at radius 2 is 2.06 bits per heavy atom. The molecule has 1 aliphatic rings. The van der Waals surface area contributed by atoms with E-state index in [-0.39, 0.29) is 11.5 Å². The zero-order valence-corrected chi connectivity index (χ0v) is 12.9. The molecule has 0 aliphatic heterocycles. The van der Waals surface area contributed by atoms with Gasteiger partial charge in [0.05, 0.1) is 6.61 Å². The summed E-state index contributed by atoms with van der Waals surface area (Å²) in [5.41, 5.74) is 6.79. The van der Waals surface area contributed by atoms with E-state index in [1.807, 2.05) is 0 Å². The van der Waals surface area contributed by atoms with Crippen LogP contribution in [0.15, 0.2) is 0 Å². The number of rotatable bonds is 6. The number of hydrogen-bond donors (Lipinski definition) is 1. The van der Waals surface area contributed by atoms with E-state index in [1.165, 1.54) is 19.3 Å². The van der Waals surface area contributed by atoms with Crippen LogP contribution in [0.5, 0.6) is 0 Å². The molecule has 1 saturated carbocycles. The van der Waals surface area contributed by atoms with Crippen molar-refractivity contribution < 1.29 is 4.74 Å². The van der Waals surface area contributed by atoms with E-state index in [0.717, 1.165) is 19.7 Å². The van der Waals surface area contributed by atoms with Gasteiger partial charge in [0.1, 0.15) is 0 Å². The van der Waals surface area contributed by atoms with Crippen LogP contribution in [0.2, 0.25) is 0 Å². The van der Waals surface area contributed by atoms with Crippen molar-refractivity contribution in [1.29, 1.82) is 0 Å². The first-order valence-corrected chi connectivity index (χ1v) is 7.37. The summed E-state index contributed by atoms with van der Waals surface area (Å²) in [6.07, 6.45) is 3.79. The summed E-state index contributed by atoms with van der Waals surface area (Å²) in [7, 11) is 1.78. The van der Waals surface area contributed by atoms with E-state index < -0.39 is 0 Å². The van der Waals surface area contributed by atoms with Crippen molar-refractivity contribution in [3.63, 3.8) is 0 Å². The van der Waals surface area contributed by atoms with Crippen LogP contribution < -0.4 is 5.73 Å². The SMILES string of the molecule is COCCN(CC(C)C)C1CCCC(C)(C)C1N. The van der Waals surface area contributed by atoms with E-state index >= 15 is 0 Å². The first-order valence-electron chi connectivity index (χ1n) is 7.37. The molecular formula is C15H32N2O. The Labute approximate surface area is 113 Å². The number of nitrogens with two attached hydrogens (primary N) is 1. The van der Waals surface area contributed by atoms with Gasteiger partial charge in [-0.3, -0.25) is 4.90 Å². The lowest BCUT2D eigenvalue weighted by Gasteiger charge is -2.47. The monoisotopic (exact) mass is 256 g/mol. The maximum absolute atomic E-state index is 6.52. The van der Waals surface area contributed by atoms with Crippen LogP contribution in [-0.2, 0) is 4.74 Å². The van der Waals surface area contributed by atoms with Crippen LogP contribution in [0.3, 0.4) is 0 Å². The van der Waals surface area contributed by atoms with Gasteiger partial charge < -0.3 is 10.5 Å². The quantitative estimate of drug-likeness (QED) is 0.793. The third-order valence-electron chi connectivity index (χ3n) is 4.29. The Bertz CT molecular complexity index is 241. The Morgan fingerprint density at radius 3 is 2.61 bits per heavy atom. The zero-order valence-electron chi connectivity index (χ0n) is 12.9. The number of methoxy groups -OCH3 is 1. The lowest BCUT2D eigenvalue weighted by atomic mass is 9.70. The molecule has 0 spiro atoms. The average Bonchev–Trinajstić information content (AvgIpc) is 2.28. The summed E-state index contributed by atoms with van der Waals surface area (Å²) in [6, 6.07) is 0.799. The average molecular weight is 256 g/mol. The third-order valence-corrected chi connectivity index (χ3v) is 4.29. The van der Waals surface area contributed by atoms with E-state index in [0.29, 0.717) is 12.0 Å². The molecule has 1 fully saturated rings. The van der Waals surface area contributed by atoms with Crippen LogP contribution in [-0.4, -0.2) is 43.8 Å². The molecule has 18 heavy (non-hydrogen) atoms. The second kappa shape index (κ2) is 6.88. The molecule has 3 nitrogen and oxygen atoms in total. The minimum atomic E-state index is 0.269. The van der Waals surface area contributed by atoms with Gasteiger partial charge in [-0.2, -0.15) is 0 Å². The Balaban J connectivity index is 2.70. The second-order valence-corrected chi connectivity index (χ2v) is 6.86. The van der Waals surface area contributed by atoms with E-state index in [2.05, 4.69) is 32.6 Å². The number of hydrogen-bond acceptors (Lipinski definition) is 3. The molecule has 0 radical (unpaired) electrons. The fourth-order valence-electron chi connectivity index (χ4n) is 3.11. The maximum atomic E-state index is 6.52. The smallest absolute Gasteiger partial charge is 0.0589 e. The first-order chi connectivity index (χ1) is 8.38. The number of nitrogens with zero attached hydrogens (tertiary/aromatic N) is 1. The highest BCUT2D eigenvalue weighted by molar-refractivity contribution is 4.96. The molecule has 2 unspecified atom stereocenters. The van der Waals surface area contributed by atoms with Crippen molar-refractivity contribution in [1.82, 2.24) is 4.90 Å². The molecule has 2 N–H and O–H groups in total. The van der Waals surface area contributed by atoms with Crippen molar-refractivity contribution >= 4 is 0 Å². The highest BCUT2D eigenvalue weighted by atomic mass is 16.5. The molecule has 108 valence electrons. The molecule has 0 heterocycles. The summed E-state index contributed by atoms with van der Waals surface area (Å²) in [5.74, 6) is 0.680. The fraction of sp³-hybridized carbons (Fsp3) is 1.00. The lowest BCUT2D eigenvalue weighted by Crippen LogP contribution is -2.58. The molecule has 0 amide bonds. The van der Waals surface area contributed by atoms with Gasteiger partial charge in [0.25, 0.3) is 0 Å². The minimum Gasteiger partial charge on any atom is -0.383 e. The molecule has 0 aromatic carbocycles. The van der Waals surface area contributed by atoms with Crippen LogP contribution >= 0.6 is 0 Å². The second-order valence-electron chi connectivity index (χ2n) is 6.86. The van der Waals surface area contributed by atoms with Crippen molar-refractivity contribution in [3.8, 4) is 0 Å². The molecule has 0 aromatic heterocycles. The van der Waals surface area contributed by atoms with Gasteiger partial charge in [0.15, 0.2) is 0 Å². The zero-order chi connectivity index (χ0) is 13.8. The molecule has 0 aromatic rings. The summed E-state index contributed by atoms with van der Waals surface area (Å²) >= 11 is 0. The van der Waals surface area contributed by atoms with Gasteiger partial charge in [-0.25, -0.2) is 0 Å². The standard InChI is InChI=1S/C15H32N2O/c1-12(2)11-17(9-10-18-5)13-7-6-8-15(3,4)14(13)16/h12-14H,6-11,16H2,1-5H3. The van der Waals surface area contributed by atoms with E-state index in [4.69, 9.17) is 10.5 Å². The number of ether oxygens (including phenoxy) is 1. The van der Waals surface area contributed by atoms with Gasteiger partial charge in [-0.1, -0.05) is 34.1 Å². The fourth-order valence-corrected chi connectivity index (χ4v) is 3.11. The van der Waals surface area contributed by atoms with Crippen LogP contribution in [0.25, 0.3) is 0 Å².